The molecule has 1 aliphatic rings. The minimum absolute atomic E-state index is 0.0909. The lowest BCUT2D eigenvalue weighted by molar-refractivity contribution is -0.123. The van der Waals surface area contributed by atoms with Crippen LogP contribution in [-0.4, -0.2) is 22.7 Å². The summed E-state index contributed by atoms with van der Waals surface area (Å²) in [4.78, 5) is 26.3. The maximum atomic E-state index is 13.9. The smallest absolute Gasteiger partial charge is 0.293 e. The van der Waals surface area contributed by atoms with Gasteiger partial charge in [-0.1, -0.05) is 41.1 Å². The van der Waals surface area contributed by atoms with Crippen LogP contribution in [-0.2, 0) is 11.3 Å². The normalized spacial score (nSPS) is 15.7. The van der Waals surface area contributed by atoms with Crippen molar-refractivity contribution in [1.29, 1.82) is 0 Å². The van der Waals surface area contributed by atoms with Gasteiger partial charge in [-0.3, -0.25) is 14.5 Å². The van der Waals surface area contributed by atoms with E-state index in [0.717, 1.165) is 27.6 Å². The second-order valence-corrected chi connectivity index (χ2v) is 7.80. The van der Waals surface area contributed by atoms with Crippen LogP contribution in [0.25, 0.3) is 6.08 Å². The Morgan fingerprint density at radius 2 is 2.00 bits per heavy atom. The fourth-order valence-corrected chi connectivity index (χ4v) is 3.76. The Labute approximate surface area is 169 Å². The van der Waals surface area contributed by atoms with E-state index in [-0.39, 0.29) is 11.4 Å². The van der Waals surface area contributed by atoms with E-state index in [1.165, 1.54) is 6.07 Å². The highest BCUT2D eigenvalue weighted by Gasteiger charge is 2.35. The standard InChI is InChI=1S/C20H17BrFNO3S/c1-2-9-26-17-8-7-15(21)10-14(17)11-18-19(24)23(20(25)27-18)12-13-5-3-4-6-16(13)22/h3-8,10-11H,2,9,12H2,1H3/b18-11-. The summed E-state index contributed by atoms with van der Waals surface area (Å²) in [5.41, 5.74) is 1.00. The van der Waals surface area contributed by atoms with Gasteiger partial charge >= 0.3 is 0 Å². The summed E-state index contributed by atoms with van der Waals surface area (Å²) in [5, 5.41) is -0.416. The molecule has 1 heterocycles. The Kier molecular flexibility index (Phi) is 6.34. The van der Waals surface area contributed by atoms with Gasteiger partial charge in [0.25, 0.3) is 11.1 Å². The van der Waals surface area contributed by atoms with E-state index in [0.29, 0.717) is 23.5 Å². The fraction of sp³-hybridized carbons (Fsp3) is 0.200. The van der Waals surface area contributed by atoms with Gasteiger partial charge in [-0.25, -0.2) is 4.39 Å². The van der Waals surface area contributed by atoms with Gasteiger partial charge in [0.1, 0.15) is 11.6 Å². The predicted octanol–water partition coefficient (Wildman–Crippen LogP) is 5.61. The van der Waals surface area contributed by atoms with Crippen LogP contribution >= 0.6 is 27.7 Å². The van der Waals surface area contributed by atoms with E-state index in [1.807, 2.05) is 25.1 Å². The summed E-state index contributed by atoms with van der Waals surface area (Å²) in [5.74, 6) is -0.238. The van der Waals surface area contributed by atoms with Crippen LogP contribution in [0, 0.1) is 5.82 Å². The van der Waals surface area contributed by atoms with Crippen molar-refractivity contribution >= 4 is 44.9 Å². The molecule has 3 rings (SSSR count). The monoisotopic (exact) mass is 449 g/mol. The molecule has 27 heavy (non-hydrogen) atoms. The molecule has 0 N–H and O–H groups in total. The number of benzene rings is 2. The van der Waals surface area contributed by atoms with E-state index < -0.39 is 17.0 Å². The van der Waals surface area contributed by atoms with Gasteiger partial charge in [0.15, 0.2) is 0 Å². The van der Waals surface area contributed by atoms with Crippen molar-refractivity contribution in [3.05, 3.63) is 68.8 Å². The minimum Gasteiger partial charge on any atom is -0.493 e. The Balaban J connectivity index is 1.86. The molecule has 140 valence electrons. The van der Waals surface area contributed by atoms with Crippen molar-refractivity contribution in [1.82, 2.24) is 4.90 Å². The SMILES string of the molecule is CCCOc1ccc(Br)cc1/C=C1\SC(=O)N(Cc2ccccc2F)C1=O. The zero-order chi connectivity index (χ0) is 19.4. The van der Waals surface area contributed by atoms with Gasteiger partial charge in [0.2, 0.25) is 0 Å². The van der Waals surface area contributed by atoms with Crippen LogP contribution in [0.15, 0.2) is 51.8 Å². The molecule has 0 aliphatic carbocycles. The molecule has 2 aromatic carbocycles. The topological polar surface area (TPSA) is 46.6 Å². The first-order valence-electron chi connectivity index (χ1n) is 8.40. The van der Waals surface area contributed by atoms with E-state index in [2.05, 4.69) is 15.9 Å². The number of halogens is 2. The lowest BCUT2D eigenvalue weighted by Gasteiger charge is -2.13. The highest BCUT2D eigenvalue weighted by molar-refractivity contribution is 9.10. The molecule has 0 unspecified atom stereocenters. The second-order valence-electron chi connectivity index (χ2n) is 5.89. The summed E-state index contributed by atoms with van der Waals surface area (Å²) in [6.07, 6.45) is 2.50. The van der Waals surface area contributed by atoms with Crippen molar-refractivity contribution in [3.63, 3.8) is 0 Å². The molecule has 0 spiro atoms. The molecule has 0 radical (unpaired) electrons. The molecular weight excluding hydrogens is 433 g/mol. The van der Waals surface area contributed by atoms with E-state index in [1.54, 1.807) is 24.3 Å². The Morgan fingerprint density at radius 1 is 1.22 bits per heavy atom. The molecule has 2 amide bonds. The van der Waals surface area contributed by atoms with E-state index in [9.17, 15) is 14.0 Å². The molecule has 2 aromatic rings. The summed E-state index contributed by atoms with van der Waals surface area (Å²) >= 11 is 4.25. The third-order valence-corrected chi connectivity index (χ3v) is 5.28. The number of ether oxygens (including phenoxy) is 1. The van der Waals surface area contributed by atoms with Crippen molar-refractivity contribution in [2.45, 2.75) is 19.9 Å². The zero-order valence-corrected chi connectivity index (χ0v) is 17.0. The molecule has 1 saturated heterocycles. The summed E-state index contributed by atoms with van der Waals surface area (Å²) in [6, 6.07) is 11.6. The Bertz CT molecular complexity index is 916. The number of carbonyl (C=O) groups is 2. The van der Waals surface area contributed by atoms with Crippen LogP contribution in [0.2, 0.25) is 0 Å². The highest BCUT2D eigenvalue weighted by Crippen LogP contribution is 2.35. The van der Waals surface area contributed by atoms with Gasteiger partial charge < -0.3 is 4.74 Å². The predicted molar refractivity (Wildman–Crippen MR) is 108 cm³/mol. The molecule has 0 aromatic heterocycles. The fourth-order valence-electron chi connectivity index (χ4n) is 2.55. The number of thioether (sulfide) groups is 1. The van der Waals surface area contributed by atoms with E-state index >= 15 is 0 Å². The number of carbonyl (C=O) groups excluding carboxylic acids is 2. The zero-order valence-electron chi connectivity index (χ0n) is 14.6. The van der Waals surface area contributed by atoms with Gasteiger partial charge in [0.05, 0.1) is 18.1 Å². The minimum atomic E-state index is -0.442. The molecule has 0 bridgehead atoms. The molecular formula is C20H17BrFNO3S. The molecule has 4 nitrogen and oxygen atoms in total. The van der Waals surface area contributed by atoms with Crippen molar-refractivity contribution in [2.24, 2.45) is 0 Å². The second kappa shape index (κ2) is 8.71. The van der Waals surface area contributed by atoms with Crippen LogP contribution in [0.4, 0.5) is 9.18 Å². The summed E-state index contributed by atoms with van der Waals surface area (Å²) in [7, 11) is 0. The number of hydrogen-bond acceptors (Lipinski definition) is 4. The molecule has 7 heteroatoms. The third-order valence-electron chi connectivity index (χ3n) is 3.88. The van der Waals surface area contributed by atoms with Crippen molar-refractivity contribution in [2.75, 3.05) is 6.61 Å². The third kappa shape index (κ3) is 4.59. The summed E-state index contributed by atoms with van der Waals surface area (Å²) < 4.78 is 20.4. The number of hydrogen-bond donors (Lipinski definition) is 0. The average molecular weight is 450 g/mol. The number of imide groups is 1. The quantitative estimate of drug-likeness (QED) is 0.537. The first-order chi connectivity index (χ1) is 13.0. The van der Waals surface area contributed by atoms with E-state index in [4.69, 9.17) is 4.74 Å². The largest absolute Gasteiger partial charge is 0.493 e. The van der Waals surface area contributed by atoms with Crippen LogP contribution < -0.4 is 4.74 Å². The summed E-state index contributed by atoms with van der Waals surface area (Å²) in [6.45, 7) is 2.47. The average Bonchev–Trinajstić information content (AvgIpc) is 2.90. The Hall–Kier alpha value is -2.12. The first-order valence-corrected chi connectivity index (χ1v) is 10.0. The molecule has 1 aliphatic heterocycles. The Morgan fingerprint density at radius 3 is 2.74 bits per heavy atom. The maximum absolute atomic E-state index is 13.9. The van der Waals surface area contributed by atoms with Gasteiger partial charge in [0, 0.05) is 15.6 Å². The molecule has 0 atom stereocenters. The van der Waals surface area contributed by atoms with Crippen molar-refractivity contribution in [3.8, 4) is 5.75 Å². The van der Waals surface area contributed by atoms with Crippen molar-refractivity contribution < 1.29 is 18.7 Å². The van der Waals surface area contributed by atoms with Crippen LogP contribution in [0.1, 0.15) is 24.5 Å². The maximum Gasteiger partial charge on any atom is 0.293 e. The lowest BCUT2D eigenvalue weighted by atomic mass is 10.1. The van der Waals surface area contributed by atoms with Gasteiger partial charge in [-0.05, 0) is 48.5 Å². The highest BCUT2D eigenvalue weighted by atomic mass is 79.9. The van der Waals surface area contributed by atoms with Gasteiger partial charge in [-0.2, -0.15) is 0 Å². The number of nitrogens with zero attached hydrogens (tertiary/aromatic N) is 1. The number of amides is 2. The van der Waals surface area contributed by atoms with Gasteiger partial charge in [-0.15, -0.1) is 0 Å². The number of rotatable bonds is 6. The lowest BCUT2D eigenvalue weighted by Crippen LogP contribution is -2.27. The first kappa shape index (κ1) is 19.6. The molecule has 1 fully saturated rings. The van der Waals surface area contributed by atoms with Crippen LogP contribution in [0.5, 0.6) is 5.75 Å². The molecule has 0 saturated carbocycles. The van der Waals surface area contributed by atoms with Crippen LogP contribution in [0.3, 0.4) is 0 Å².